The second-order valence-electron chi connectivity index (χ2n) is 5.11. The molecular formula is C16H26BrN. The van der Waals surface area contributed by atoms with Gasteiger partial charge in [-0.3, -0.25) is 0 Å². The minimum atomic E-state index is 0.667. The Morgan fingerprint density at radius 2 is 1.67 bits per heavy atom. The minimum Gasteiger partial charge on any atom is -0.301 e. The van der Waals surface area contributed by atoms with Crippen molar-refractivity contribution in [3.63, 3.8) is 0 Å². The molecule has 102 valence electrons. The van der Waals surface area contributed by atoms with Crippen LogP contribution in [0.25, 0.3) is 0 Å². The largest absolute Gasteiger partial charge is 0.301 e. The van der Waals surface area contributed by atoms with Gasteiger partial charge in [-0.1, -0.05) is 46.3 Å². The van der Waals surface area contributed by atoms with Gasteiger partial charge in [-0.05, 0) is 58.2 Å². The first-order chi connectivity index (χ1) is 8.74. The Labute approximate surface area is 121 Å². The zero-order chi connectivity index (χ0) is 13.2. The SMILES string of the molecule is CC(C)N(CCCBr)CCCCc1ccccc1. The molecule has 0 spiro atoms. The van der Waals surface area contributed by atoms with Crippen molar-refractivity contribution in [2.24, 2.45) is 0 Å². The van der Waals surface area contributed by atoms with Crippen LogP contribution in [0.3, 0.4) is 0 Å². The van der Waals surface area contributed by atoms with E-state index in [1.165, 1.54) is 44.3 Å². The average Bonchev–Trinajstić information content (AvgIpc) is 2.38. The molecule has 1 rings (SSSR count). The van der Waals surface area contributed by atoms with Gasteiger partial charge >= 0.3 is 0 Å². The molecule has 2 heteroatoms. The van der Waals surface area contributed by atoms with Crippen LogP contribution in [0, 0.1) is 0 Å². The summed E-state index contributed by atoms with van der Waals surface area (Å²) in [4.78, 5) is 2.59. The van der Waals surface area contributed by atoms with Crippen molar-refractivity contribution >= 4 is 15.9 Å². The summed E-state index contributed by atoms with van der Waals surface area (Å²) in [6.07, 6.45) is 5.05. The first kappa shape index (κ1) is 15.7. The lowest BCUT2D eigenvalue weighted by atomic mass is 10.1. The minimum absolute atomic E-state index is 0.667. The van der Waals surface area contributed by atoms with Gasteiger partial charge in [-0.25, -0.2) is 0 Å². The number of nitrogens with zero attached hydrogens (tertiary/aromatic N) is 1. The molecule has 0 bridgehead atoms. The van der Waals surface area contributed by atoms with Crippen molar-refractivity contribution in [3.8, 4) is 0 Å². The van der Waals surface area contributed by atoms with E-state index in [9.17, 15) is 0 Å². The standard InChI is InChI=1S/C16H26BrN/c1-15(2)18(14-8-12-17)13-7-6-11-16-9-4-3-5-10-16/h3-5,9-10,15H,6-8,11-14H2,1-2H3. The lowest BCUT2D eigenvalue weighted by molar-refractivity contribution is 0.218. The Morgan fingerprint density at radius 1 is 1.00 bits per heavy atom. The number of hydrogen-bond donors (Lipinski definition) is 0. The van der Waals surface area contributed by atoms with Gasteiger partial charge in [0.2, 0.25) is 0 Å². The molecule has 0 aliphatic carbocycles. The van der Waals surface area contributed by atoms with Gasteiger partial charge < -0.3 is 4.90 Å². The number of rotatable bonds is 9. The topological polar surface area (TPSA) is 3.24 Å². The first-order valence-electron chi connectivity index (χ1n) is 7.08. The van der Waals surface area contributed by atoms with Gasteiger partial charge in [0.25, 0.3) is 0 Å². The quantitative estimate of drug-likeness (QED) is 0.479. The van der Waals surface area contributed by atoms with Crippen LogP contribution in [-0.4, -0.2) is 29.4 Å². The summed E-state index contributed by atoms with van der Waals surface area (Å²) < 4.78 is 0. The van der Waals surface area contributed by atoms with Gasteiger partial charge in [0.15, 0.2) is 0 Å². The van der Waals surface area contributed by atoms with Crippen molar-refractivity contribution in [2.75, 3.05) is 18.4 Å². The summed E-state index contributed by atoms with van der Waals surface area (Å²) in [5.74, 6) is 0. The van der Waals surface area contributed by atoms with Crippen LogP contribution in [0.2, 0.25) is 0 Å². The maximum Gasteiger partial charge on any atom is 0.00434 e. The molecule has 1 aromatic carbocycles. The highest BCUT2D eigenvalue weighted by atomic mass is 79.9. The molecule has 0 N–H and O–H groups in total. The highest BCUT2D eigenvalue weighted by molar-refractivity contribution is 9.09. The molecule has 0 aliphatic heterocycles. The van der Waals surface area contributed by atoms with E-state index in [2.05, 4.69) is 65.0 Å². The first-order valence-corrected chi connectivity index (χ1v) is 8.20. The zero-order valence-electron chi connectivity index (χ0n) is 11.7. The molecule has 0 heterocycles. The van der Waals surface area contributed by atoms with Crippen LogP contribution in [-0.2, 0) is 6.42 Å². The summed E-state index contributed by atoms with van der Waals surface area (Å²) in [6.45, 7) is 7.04. The Balaban J connectivity index is 2.18. The van der Waals surface area contributed by atoms with Crippen molar-refractivity contribution in [2.45, 2.75) is 45.6 Å². The highest BCUT2D eigenvalue weighted by Crippen LogP contribution is 2.08. The van der Waals surface area contributed by atoms with E-state index in [-0.39, 0.29) is 0 Å². The normalized spacial score (nSPS) is 11.4. The van der Waals surface area contributed by atoms with Crippen LogP contribution in [0.15, 0.2) is 30.3 Å². The summed E-state index contributed by atoms with van der Waals surface area (Å²) in [5, 5.41) is 1.11. The van der Waals surface area contributed by atoms with Crippen LogP contribution in [0.4, 0.5) is 0 Å². The molecule has 0 aliphatic rings. The number of halogens is 1. The molecule has 18 heavy (non-hydrogen) atoms. The van der Waals surface area contributed by atoms with E-state index in [0.717, 1.165) is 5.33 Å². The van der Waals surface area contributed by atoms with Crippen LogP contribution >= 0.6 is 15.9 Å². The van der Waals surface area contributed by atoms with Crippen molar-refractivity contribution in [1.82, 2.24) is 4.90 Å². The van der Waals surface area contributed by atoms with E-state index < -0.39 is 0 Å². The van der Waals surface area contributed by atoms with Gasteiger partial charge in [0.05, 0.1) is 0 Å². The monoisotopic (exact) mass is 311 g/mol. The van der Waals surface area contributed by atoms with Crippen LogP contribution in [0.1, 0.15) is 38.7 Å². The van der Waals surface area contributed by atoms with Gasteiger partial charge in [-0.2, -0.15) is 0 Å². The van der Waals surface area contributed by atoms with E-state index in [1.54, 1.807) is 0 Å². The van der Waals surface area contributed by atoms with E-state index in [4.69, 9.17) is 0 Å². The predicted molar refractivity (Wildman–Crippen MR) is 84.5 cm³/mol. The molecule has 1 nitrogen and oxygen atoms in total. The Kier molecular flexibility index (Phi) is 8.36. The number of benzene rings is 1. The third-order valence-corrected chi connectivity index (χ3v) is 3.87. The molecule has 0 fully saturated rings. The van der Waals surface area contributed by atoms with Crippen molar-refractivity contribution < 1.29 is 0 Å². The molecule has 1 aromatic rings. The molecule has 0 unspecified atom stereocenters. The Hall–Kier alpha value is -0.340. The van der Waals surface area contributed by atoms with Crippen LogP contribution < -0.4 is 0 Å². The molecule has 0 saturated heterocycles. The number of unbranched alkanes of at least 4 members (excludes halogenated alkanes) is 1. The summed E-state index contributed by atoms with van der Waals surface area (Å²) in [7, 11) is 0. The van der Waals surface area contributed by atoms with Gasteiger partial charge in [0, 0.05) is 11.4 Å². The van der Waals surface area contributed by atoms with E-state index in [0.29, 0.717) is 6.04 Å². The average molecular weight is 312 g/mol. The second-order valence-corrected chi connectivity index (χ2v) is 5.91. The molecule has 0 saturated carbocycles. The molecular weight excluding hydrogens is 286 g/mol. The molecule has 0 amide bonds. The third-order valence-electron chi connectivity index (χ3n) is 3.31. The fourth-order valence-electron chi connectivity index (χ4n) is 2.18. The molecule has 0 radical (unpaired) electrons. The Bertz CT molecular complexity index is 297. The van der Waals surface area contributed by atoms with Crippen molar-refractivity contribution in [3.05, 3.63) is 35.9 Å². The maximum atomic E-state index is 3.51. The molecule has 0 aromatic heterocycles. The second kappa shape index (κ2) is 9.57. The summed E-state index contributed by atoms with van der Waals surface area (Å²) in [6, 6.07) is 11.5. The summed E-state index contributed by atoms with van der Waals surface area (Å²) in [5.41, 5.74) is 1.47. The summed E-state index contributed by atoms with van der Waals surface area (Å²) >= 11 is 3.51. The van der Waals surface area contributed by atoms with Gasteiger partial charge in [-0.15, -0.1) is 0 Å². The van der Waals surface area contributed by atoms with E-state index >= 15 is 0 Å². The predicted octanol–water partition coefficient (Wildman–Crippen LogP) is 4.50. The number of alkyl halides is 1. The Morgan fingerprint density at radius 3 is 2.28 bits per heavy atom. The lowest BCUT2D eigenvalue weighted by Crippen LogP contribution is -2.33. The van der Waals surface area contributed by atoms with Gasteiger partial charge in [0.1, 0.15) is 0 Å². The van der Waals surface area contributed by atoms with E-state index in [1.807, 2.05) is 0 Å². The highest BCUT2D eigenvalue weighted by Gasteiger charge is 2.07. The number of aryl methyl sites for hydroxylation is 1. The smallest absolute Gasteiger partial charge is 0.00434 e. The lowest BCUT2D eigenvalue weighted by Gasteiger charge is -2.26. The molecule has 0 atom stereocenters. The van der Waals surface area contributed by atoms with Crippen LogP contribution in [0.5, 0.6) is 0 Å². The van der Waals surface area contributed by atoms with Crippen molar-refractivity contribution in [1.29, 1.82) is 0 Å². The third kappa shape index (κ3) is 6.55. The zero-order valence-corrected chi connectivity index (χ0v) is 13.3. The number of hydrogen-bond acceptors (Lipinski definition) is 1. The maximum absolute atomic E-state index is 3.51. The fraction of sp³-hybridized carbons (Fsp3) is 0.625. The fourth-order valence-corrected chi connectivity index (χ4v) is 2.43.